The molecule has 2 atom stereocenters. The van der Waals surface area contributed by atoms with Crippen LogP contribution in [0.1, 0.15) is 48.0 Å². The molecule has 0 aliphatic heterocycles. The van der Waals surface area contributed by atoms with Crippen LogP contribution in [0, 0.1) is 5.92 Å². The first-order valence-electron chi connectivity index (χ1n) is 6.49. The van der Waals surface area contributed by atoms with Crippen molar-refractivity contribution < 1.29 is 18.3 Å². The Morgan fingerprint density at radius 3 is 2.45 bits per heavy atom. The number of benzene rings is 1. The molecular weight excluding hydrogens is 344 g/mol. The number of sulfone groups is 1. The third-order valence-electron chi connectivity index (χ3n) is 3.99. The lowest BCUT2D eigenvalue weighted by atomic mass is 9.89. The summed E-state index contributed by atoms with van der Waals surface area (Å²) in [5.74, 6) is -0.537. The minimum absolute atomic E-state index is 0.0141. The smallest absolute Gasteiger partial charge is 0.336 e. The molecule has 1 aliphatic rings. The topological polar surface area (TPSA) is 71.4 Å². The number of hydrogen-bond acceptors (Lipinski definition) is 3. The predicted molar refractivity (Wildman–Crippen MR) is 80.0 cm³/mol. The Balaban J connectivity index is 2.70. The van der Waals surface area contributed by atoms with Crippen molar-refractivity contribution in [1.82, 2.24) is 0 Å². The highest BCUT2D eigenvalue weighted by Gasteiger charge is 2.31. The van der Waals surface area contributed by atoms with E-state index < -0.39 is 15.8 Å². The molecule has 1 N–H and O–H groups in total. The number of carbonyl (C=O) groups is 1. The monoisotopic (exact) mass is 360 g/mol. The first-order chi connectivity index (χ1) is 9.23. The first kappa shape index (κ1) is 15.5. The van der Waals surface area contributed by atoms with Crippen LogP contribution >= 0.6 is 15.9 Å². The van der Waals surface area contributed by atoms with Gasteiger partial charge in [-0.3, -0.25) is 0 Å². The van der Waals surface area contributed by atoms with Gasteiger partial charge in [0.1, 0.15) is 0 Å². The van der Waals surface area contributed by atoms with Crippen molar-refractivity contribution in [3.8, 4) is 0 Å². The van der Waals surface area contributed by atoms with Crippen molar-refractivity contribution in [2.45, 2.75) is 37.0 Å². The lowest BCUT2D eigenvalue weighted by Crippen LogP contribution is -2.12. The fourth-order valence-electron chi connectivity index (χ4n) is 3.01. The maximum Gasteiger partial charge on any atom is 0.336 e. The second-order valence-electron chi connectivity index (χ2n) is 5.44. The Hall–Kier alpha value is -0.880. The van der Waals surface area contributed by atoms with Crippen molar-refractivity contribution in [3.63, 3.8) is 0 Å². The van der Waals surface area contributed by atoms with E-state index >= 15 is 0 Å². The Morgan fingerprint density at radius 2 is 2.00 bits per heavy atom. The number of rotatable bonds is 3. The van der Waals surface area contributed by atoms with Gasteiger partial charge < -0.3 is 5.11 Å². The maximum atomic E-state index is 12.1. The molecule has 0 heterocycles. The zero-order chi connectivity index (χ0) is 15.1. The van der Waals surface area contributed by atoms with E-state index in [1.165, 1.54) is 6.07 Å². The van der Waals surface area contributed by atoms with Crippen LogP contribution in [0.15, 0.2) is 21.5 Å². The fraction of sp³-hybridized carbons (Fsp3) is 0.500. The van der Waals surface area contributed by atoms with Crippen molar-refractivity contribution in [2.24, 2.45) is 5.92 Å². The number of aromatic carboxylic acids is 1. The molecule has 4 nitrogen and oxygen atoms in total. The maximum absolute atomic E-state index is 12.1. The van der Waals surface area contributed by atoms with Gasteiger partial charge >= 0.3 is 5.97 Å². The van der Waals surface area contributed by atoms with E-state index in [1.807, 2.05) is 0 Å². The van der Waals surface area contributed by atoms with Gasteiger partial charge in [-0.2, -0.15) is 0 Å². The van der Waals surface area contributed by atoms with Gasteiger partial charge in [0.05, 0.1) is 14.9 Å². The van der Waals surface area contributed by atoms with Gasteiger partial charge in [0, 0.05) is 6.26 Å². The largest absolute Gasteiger partial charge is 0.478 e. The summed E-state index contributed by atoms with van der Waals surface area (Å²) in [5.41, 5.74) is 0.731. The molecule has 0 saturated heterocycles. The number of carboxylic acids is 1. The van der Waals surface area contributed by atoms with Crippen LogP contribution in [0.4, 0.5) is 0 Å². The van der Waals surface area contributed by atoms with Gasteiger partial charge in [-0.15, -0.1) is 0 Å². The highest BCUT2D eigenvalue weighted by atomic mass is 79.9. The highest BCUT2D eigenvalue weighted by Crippen LogP contribution is 2.44. The molecule has 1 aliphatic carbocycles. The lowest BCUT2D eigenvalue weighted by molar-refractivity contribution is 0.0695. The Morgan fingerprint density at radius 1 is 1.35 bits per heavy atom. The predicted octanol–water partition coefficient (Wildman–Crippen LogP) is 3.45. The van der Waals surface area contributed by atoms with Crippen molar-refractivity contribution in [1.29, 1.82) is 0 Å². The zero-order valence-corrected chi connectivity index (χ0v) is 13.8. The van der Waals surface area contributed by atoms with Crippen molar-refractivity contribution in [2.75, 3.05) is 6.26 Å². The molecule has 0 bridgehead atoms. The lowest BCUT2D eigenvalue weighted by Gasteiger charge is -2.20. The molecule has 0 aromatic heterocycles. The summed E-state index contributed by atoms with van der Waals surface area (Å²) < 4.78 is 24.4. The van der Waals surface area contributed by atoms with Crippen LogP contribution in [0.2, 0.25) is 0 Å². The number of carboxylic acid groups (broad SMARTS) is 1. The van der Waals surface area contributed by atoms with Crippen LogP contribution in [0.25, 0.3) is 0 Å². The molecular formula is C14H17BrO4S. The van der Waals surface area contributed by atoms with E-state index in [0.717, 1.165) is 31.1 Å². The Kier molecular flexibility index (Phi) is 4.25. The molecule has 1 fully saturated rings. The highest BCUT2D eigenvalue weighted by molar-refractivity contribution is 9.10. The standard InChI is InChI=1S/C14H17BrO4S/c1-8-4-3-5-9(8)10-6-7-11(14(16)17)12(15)13(10)20(2,18)19/h6-9H,3-5H2,1-2H3,(H,16,17). The summed E-state index contributed by atoms with van der Waals surface area (Å²) in [6.45, 7) is 2.11. The van der Waals surface area contributed by atoms with Gasteiger partial charge in [-0.25, -0.2) is 13.2 Å². The van der Waals surface area contributed by atoms with Gasteiger partial charge in [-0.1, -0.05) is 25.8 Å². The SMILES string of the molecule is CC1CCCC1c1ccc(C(=O)O)c(Br)c1S(C)(=O)=O. The van der Waals surface area contributed by atoms with Crippen LogP contribution in [-0.4, -0.2) is 25.7 Å². The van der Waals surface area contributed by atoms with Crippen LogP contribution in [0.5, 0.6) is 0 Å². The molecule has 0 spiro atoms. The van der Waals surface area contributed by atoms with E-state index in [2.05, 4.69) is 22.9 Å². The molecule has 2 unspecified atom stereocenters. The molecule has 1 aromatic rings. The van der Waals surface area contributed by atoms with Gasteiger partial charge in [0.15, 0.2) is 9.84 Å². The van der Waals surface area contributed by atoms with E-state index in [9.17, 15) is 13.2 Å². The van der Waals surface area contributed by atoms with E-state index in [1.54, 1.807) is 6.07 Å². The van der Waals surface area contributed by atoms with Crippen molar-refractivity contribution >= 4 is 31.7 Å². The van der Waals surface area contributed by atoms with E-state index in [-0.39, 0.29) is 20.8 Å². The molecule has 1 saturated carbocycles. The summed E-state index contributed by atoms with van der Waals surface area (Å²) in [6, 6.07) is 3.15. The van der Waals surface area contributed by atoms with E-state index in [4.69, 9.17) is 5.11 Å². The minimum Gasteiger partial charge on any atom is -0.478 e. The molecule has 2 rings (SSSR count). The quantitative estimate of drug-likeness (QED) is 0.895. The van der Waals surface area contributed by atoms with Crippen LogP contribution < -0.4 is 0 Å². The molecule has 20 heavy (non-hydrogen) atoms. The normalized spacial score (nSPS) is 22.9. The average molecular weight is 361 g/mol. The molecule has 6 heteroatoms. The van der Waals surface area contributed by atoms with Crippen LogP contribution in [-0.2, 0) is 9.84 Å². The Bertz CT molecular complexity index is 651. The Labute approximate surface area is 127 Å². The summed E-state index contributed by atoms with van der Waals surface area (Å²) in [6.07, 6.45) is 4.23. The first-order valence-corrected chi connectivity index (χ1v) is 9.17. The second kappa shape index (κ2) is 5.48. The molecule has 0 amide bonds. The molecule has 1 aromatic carbocycles. The number of hydrogen-bond donors (Lipinski definition) is 1. The molecule has 0 radical (unpaired) electrons. The second-order valence-corrected chi connectivity index (χ2v) is 8.18. The molecule has 110 valence electrons. The fourth-order valence-corrected chi connectivity index (χ4v) is 5.51. The number of halogens is 1. The van der Waals surface area contributed by atoms with Crippen molar-refractivity contribution in [3.05, 3.63) is 27.7 Å². The third-order valence-corrected chi connectivity index (χ3v) is 6.26. The summed E-state index contributed by atoms with van der Waals surface area (Å²) >= 11 is 3.18. The minimum atomic E-state index is -3.49. The summed E-state index contributed by atoms with van der Waals surface area (Å²) in [7, 11) is -3.49. The zero-order valence-electron chi connectivity index (χ0n) is 11.4. The summed E-state index contributed by atoms with van der Waals surface area (Å²) in [5, 5.41) is 9.14. The van der Waals surface area contributed by atoms with Gasteiger partial charge in [0.25, 0.3) is 0 Å². The van der Waals surface area contributed by atoms with Crippen LogP contribution in [0.3, 0.4) is 0 Å². The summed E-state index contributed by atoms with van der Waals surface area (Å²) in [4.78, 5) is 11.3. The average Bonchev–Trinajstić information content (AvgIpc) is 2.72. The van der Waals surface area contributed by atoms with Gasteiger partial charge in [0.2, 0.25) is 0 Å². The third kappa shape index (κ3) is 2.76. The van der Waals surface area contributed by atoms with E-state index in [0.29, 0.717) is 5.92 Å². The van der Waals surface area contributed by atoms with Gasteiger partial charge in [-0.05, 0) is 45.8 Å².